The van der Waals surface area contributed by atoms with Gasteiger partial charge in [0.1, 0.15) is 5.60 Å². The van der Waals surface area contributed by atoms with Gasteiger partial charge in [-0.25, -0.2) is 14.4 Å². The van der Waals surface area contributed by atoms with Gasteiger partial charge in [-0.3, -0.25) is 5.32 Å². The number of piperidine rings is 1. The van der Waals surface area contributed by atoms with Gasteiger partial charge >= 0.3 is 18.2 Å². The van der Waals surface area contributed by atoms with E-state index in [1.54, 1.807) is 4.90 Å². The molecule has 0 atom stereocenters. The summed E-state index contributed by atoms with van der Waals surface area (Å²) in [6.07, 6.45) is 0.566. The number of rotatable bonds is 4. The molecule has 0 aromatic heterocycles. The van der Waals surface area contributed by atoms with Gasteiger partial charge in [-0.05, 0) is 63.8 Å². The van der Waals surface area contributed by atoms with Crippen LogP contribution in [0.5, 0.6) is 0 Å². The van der Waals surface area contributed by atoms with Crippen LogP contribution in [0.4, 0.5) is 15.3 Å². The van der Waals surface area contributed by atoms with Crippen LogP contribution in [0.1, 0.15) is 44.0 Å². The maximum atomic E-state index is 12.0. The zero-order chi connectivity index (χ0) is 20.0. The Morgan fingerprint density at radius 2 is 1.74 bits per heavy atom. The smallest absolute Gasteiger partial charge is 0.411 e. The van der Waals surface area contributed by atoms with Crippen LogP contribution in [0, 0.1) is 5.92 Å². The van der Waals surface area contributed by atoms with Gasteiger partial charge in [0.2, 0.25) is 0 Å². The van der Waals surface area contributed by atoms with Gasteiger partial charge in [-0.2, -0.15) is 0 Å². The highest BCUT2D eigenvalue weighted by atomic mass is 16.6. The summed E-state index contributed by atoms with van der Waals surface area (Å²) in [6, 6.07) is 5.82. The van der Waals surface area contributed by atoms with Crippen LogP contribution in [-0.4, -0.2) is 53.5 Å². The molecule has 1 fully saturated rings. The summed E-state index contributed by atoms with van der Waals surface area (Å²) in [7, 11) is 0. The van der Waals surface area contributed by atoms with Gasteiger partial charge in [-0.15, -0.1) is 0 Å². The zero-order valence-corrected chi connectivity index (χ0v) is 15.9. The summed E-state index contributed by atoms with van der Waals surface area (Å²) in [6.45, 7) is 6.90. The van der Waals surface area contributed by atoms with E-state index in [1.807, 2.05) is 20.8 Å². The van der Waals surface area contributed by atoms with Crippen molar-refractivity contribution >= 4 is 23.8 Å². The first-order chi connectivity index (χ1) is 12.6. The molecule has 2 rings (SSSR count). The number of carboxylic acid groups (broad SMARTS) is 1. The highest BCUT2D eigenvalue weighted by molar-refractivity contribution is 5.89. The lowest BCUT2D eigenvalue weighted by atomic mass is 9.98. The molecule has 8 nitrogen and oxygen atoms in total. The molecule has 0 unspecified atom stereocenters. The molecule has 1 heterocycles. The summed E-state index contributed by atoms with van der Waals surface area (Å²) in [5, 5.41) is 11.4. The van der Waals surface area contributed by atoms with Gasteiger partial charge < -0.3 is 19.5 Å². The number of hydrogen-bond acceptors (Lipinski definition) is 5. The van der Waals surface area contributed by atoms with Crippen LogP contribution < -0.4 is 5.32 Å². The average Bonchev–Trinajstić information content (AvgIpc) is 2.59. The third-order valence-corrected chi connectivity index (χ3v) is 4.09. The SMILES string of the molecule is CC(C)(C)OC(=O)N1CCC(COC(=O)Nc2ccc(C(=O)O)cc2)CC1. The number of nitrogens with one attached hydrogen (secondary N) is 1. The summed E-state index contributed by atoms with van der Waals surface area (Å²) < 4.78 is 10.6. The molecule has 0 saturated carbocycles. The van der Waals surface area contributed by atoms with E-state index >= 15 is 0 Å². The highest BCUT2D eigenvalue weighted by Gasteiger charge is 2.27. The minimum absolute atomic E-state index is 0.144. The number of anilines is 1. The van der Waals surface area contributed by atoms with Crippen LogP contribution in [0.2, 0.25) is 0 Å². The number of ether oxygens (including phenoxy) is 2. The van der Waals surface area contributed by atoms with Gasteiger partial charge in [0.05, 0.1) is 12.2 Å². The highest BCUT2D eigenvalue weighted by Crippen LogP contribution is 2.20. The number of nitrogens with zero attached hydrogens (tertiary/aromatic N) is 1. The summed E-state index contributed by atoms with van der Waals surface area (Å²) in [5.74, 6) is -0.842. The molecule has 1 aliphatic heterocycles. The summed E-state index contributed by atoms with van der Waals surface area (Å²) >= 11 is 0. The second-order valence-corrected chi connectivity index (χ2v) is 7.52. The average molecular weight is 378 g/mol. The molecule has 8 heteroatoms. The predicted molar refractivity (Wildman–Crippen MR) is 98.9 cm³/mol. The normalized spacial score (nSPS) is 15.1. The number of carbonyl (C=O) groups excluding carboxylic acids is 2. The minimum Gasteiger partial charge on any atom is -0.478 e. The predicted octanol–water partition coefficient (Wildman–Crippen LogP) is 3.58. The van der Waals surface area contributed by atoms with E-state index in [0.29, 0.717) is 18.8 Å². The van der Waals surface area contributed by atoms with Gasteiger partial charge in [-0.1, -0.05) is 0 Å². The summed E-state index contributed by atoms with van der Waals surface area (Å²) in [5.41, 5.74) is 0.0908. The Balaban J connectivity index is 1.71. The van der Waals surface area contributed by atoms with Crippen molar-refractivity contribution in [3.8, 4) is 0 Å². The third kappa shape index (κ3) is 6.80. The number of benzene rings is 1. The van der Waals surface area contributed by atoms with Gasteiger partial charge in [0.15, 0.2) is 0 Å². The van der Waals surface area contributed by atoms with Crippen LogP contribution >= 0.6 is 0 Å². The Labute approximate surface area is 158 Å². The van der Waals surface area contributed by atoms with Crippen LogP contribution in [0.25, 0.3) is 0 Å². The molecule has 0 radical (unpaired) electrons. The van der Waals surface area contributed by atoms with Crippen molar-refractivity contribution in [3.63, 3.8) is 0 Å². The molecule has 1 aliphatic rings. The lowest BCUT2D eigenvalue weighted by Gasteiger charge is -2.33. The maximum Gasteiger partial charge on any atom is 0.411 e. The Hall–Kier alpha value is -2.77. The fourth-order valence-electron chi connectivity index (χ4n) is 2.65. The fraction of sp³-hybridized carbons (Fsp3) is 0.526. The molecule has 1 saturated heterocycles. The Morgan fingerprint density at radius 1 is 1.15 bits per heavy atom. The molecule has 0 spiro atoms. The third-order valence-electron chi connectivity index (χ3n) is 4.09. The molecular weight excluding hydrogens is 352 g/mol. The first-order valence-electron chi connectivity index (χ1n) is 8.89. The van der Waals surface area contributed by atoms with E-state index in [9.17, 15) is 14.4 Å². The number of amides is 2. The van der Waals surface area contributed by atoms with E-state index in [1.165, 1.54) is 24.3 Å². The fourth-order valence-corrected chi connectivity index (χ4v) is 2.65. The van der Waals surface area contributed by atoms with Crippen molar-refractivity contribution in [1.29, 1.82) is 0 Å². The van der Waals surface area contributed by atoms with E-state index < -0.39 is 17.7 Å². The first-order valence-corrected chi connectivity index (χ1v) is 8.89. The maximum absolute atomic E-state index is 12.0. The Bertz CT molecular complexity index is 672. The largest absolute Gasteiger partial charge is 0.478 e. The molecule has 2 amide bonds. The molecule has 2 N–H and O–H groups in total. The first kappa shape index (κ1) is 20.5. The van der Waals surface area contributed by atoms with Crippen molar-refractivity contribution in [2.24, 2.45) is 5.92 Å². The number of aromatic carboxylic acids is 1. The van der Waals surface area contributed by atoms with E-state index in [-0.39, 0.29) is 24.2 Å². The quantitative estimate of drug-likeness (QED) is 0.830. The van der Waals surface area contributed by atoms with E-state index in [4.69, 9.17) is 14.6 Å². The van der Waals surface area contributed by atoms with Crippen molar-refractivity contribution < 1.29 is 29.0 Å². The van der Waals surface area contributed by atoms with Gasteiger partial charge in [0.25, 0.3) is 0 Å². The molecule has 1 aromatic rings. The lowest BCUT2D eigenvalue weighted by molar-refractivity contribution is 0.0152. The number of carboxylic acids is 1. The van der Waals surface area contributed by atoms with E-state index in [0.717, 1.165) is 12.8 Å². The molecule has 148 valence electrons. The second kappa shape index (κ2) is 8.75. The molecule has 27 heavy (non-hydrogen) atoms. The number of hydrogen-bond donors (Lipinski definition) is 2. The summed E-state index contributed by atoms with van der Waals surface area (Å²) in [4.78, 5) is 36.4. The minimum atomic E-state index is -1.03. The van der Waals surface area contributed by atoms with Crippen LogP contribution in [0.15, 0.2) is 24.3 Å². The van der Waals surface area contributed by atoms with Gasteiger partial charge in [0, 0.05) is 18.8 Å². The Kier molecular flexibility index (Phi) is 6.65. The van der Waals surface area contributed by atoms with Crippen molar-refractivity contribution in [2.45, 2.75) is 39.2 Å². The molecule has 1 aromatic carbocycles. The molecular formula is C19H26N2O6. The van der Waals surface area contributed by atoms with Crippen molar-refractivity contribution in [2.75, 3.05) is 25.0 Å². The molecule has 0 bridgehead atoms. The van der Waals surface area contributed by atoms with Crippen molar-refractivity contribution in [3.05, 3.63) is 29.8 Å². The lowest BCUT2D eigenvalue weighted by Crippen LogP contribution is -2.42. The van der Waals surface area contributed by atoms with Crippen LogP contribution in [0.3, 0.4) is 0 Å². The zero-order valence-electron chi connectivity index (χ0n) is 15.9. The van der Waals surface area contributed by atoms with Crippen molar-refractivity contribution in [1.82, 2.24) is 4.90 Å². The number of carbonyl (C=O) groups is 3. The topological polar surface area (TPSA) is 105 Å². The second-order valence-electron chi connectivity index (χ2n) is 7.52. The monoisotopic (exact) mass is 378 g/mol. The molecule has 0 aliphatic carbocycles. The van der Waals surface area contributed by atoms with Crippen LogP contribution in [-0.2, 0) is 9.47 Å². The Morgan fingerprint density at radius 3 is 2.26 bits per heavy atom. The number of likely N-dealkylation sites (tertiary alicyclic amines) is 1. The standard InChI is InChI=1S/C19H26N2O6/c1-19(2,3)27-18(25)21-10-8-13(9-11-21)12-26-17(24)20-15-6-4-14(5-7-15)16(22)23/h4-7,13H,8-12H2,1-3H3,(H,20,24)(H,22,23). The van der Waals surface area contributed by atoms with E-state index in [2.05, 4.69) is 5.32 Å².